The van der Waals surface area contributed by atoms with E-state index >= 15 is 0 Å². The van der Waals surface area contributed by atoms with Crippen LogP contribution in [0.5, 0.6) is 5.75 Å². The molecule has 0 bridgehead atoms. The standard InChI is InChI=1S/C21H27NO3/c1-15-12-19(24-3)16(2)11-18(15)13-22-9-10-25-20(14-23)21(22)17-7-5-4-6-8-17/h4-8,11-12,20-21,23H,9-10,13-14H2,1-3H3/t20-,21-/m1/s1. The number of aryl methyl sites for hydroxylation is 2. The first-order valence-electron chi connectivity index (χ1n) is 8.79. The van der Waals surface area contributed by atoms with Crippen molar-refractivity contribution in [2.75, 3.05) is 26.9 Å². The molecule has 2 aromatic carbocycles. The molecule has 1 heterocycles. The van der Waals surface area contributed by atoms with E-state index in [1.54, 1.807) is 7.11 Å². The topological polar surface area (TPSA) is 41.9 Å². The van der Waals surface area contributed by atoms with Gasteiger partial charge in [-0.1, -0.05) is 36.4 Å². The lowest BCUT2D eigenvalue weighted by atomic mass is 9.96. The molecule has 0 amide bonds. The third-order valence-corrected chi connectivity index (χ3v) is 5.00. The molecule has 4 nitrogen and oxygen atoms in total. The Bertz CT molecular complexity index is 702. The summed E-state index contributed by atoms with van der Waals surface area (Å²) < 4.78 is 11.3. The van der Waals surface area contributed by atoms with Crippen LogP contribution in [0, 0.1) is 13.8 Å². The first kappa shape index (κ1) is 17.9. The Hall–Kier alpha value is -1.88. The van der Waals surface area contributed by atoms with Crippen LogP contribution in [-0.2, 0) is 11.3 Å². The molecular weight excluding hydrogens is 314 g/mol. The minimum absolute atomic E-state index is 0.0245. The summed E-state index contributed by atoms with van der Waals surface area (Å²) in [5.74, 6) is 0.927. The van der Waals surface area contributed by atoms with Gasteiger partial charge in [-0.25, -0.2) is 0 Å². The van der Waals surface area contributed by atoms with Crippen LogP contribution in [0.4, 0.5) is 0 Å². The molecule has 1 fully saturated rings. The molecule has 0 spiro atoms. The lowest BCUT2D eigenvalue weighted by Gasteiger charge is -2.41. The van der Waals surface area contributed by atoms with Crippen molar-refractivity contribution in [3.63, 3.8) is 0 Å². The van der Waals surface area contributed by atoms with Gasteiger partial charge in [0.05, 0.1) is 26.4 Å². The molecule has 0 aromatic heterocycles. The van der Waals surface area contributed by atoms with Gasteiger partial charge < -0.3 is 14.6 Å². The van der Waals surface area contributed by atoms with E-state index in [2.05, 4.69) is 43.0 Å². The van der Waals surface area contributed by atoms with Gasteiger partial charge >= 0.3 is 0 Å². The van der Waals surface area contributed by atoms with Crippen molar-refractivity contribution >= 4 is 0 Å². The van der Waals surface area contributed by atoms with Crippen molar-refractivity contribution in [1.82, 2.24) is 4.90 Å². The highest BCUT2D eigenvalue weighted by Crippen LogP contribution is 2.32. The highest BCUT2D eigenvalue weighted by molar-refractivity contribution is 5.41. The number of hydrogen-bond donors (Lipinski definition) is 1. The molecule has 1 N–H and O–H groups in total. The maximum Gasteiger partial charge on any atom is 0.122 e. The Balaban J connectivity index is 1.90. The first-order chi connectivity index (χ1) is 12.1. The average molecular weight is 341 g/mol. The number of ether oxygens (including phenoxy) is 2. The lowest BCUT2D eigenvalue weighted by molar-refractivity contribution is -0.0961. The van der Waals surface area contributed by atoms with E-state index in [1.807, 2.05) is 18.2 Å². The Morgan fingerprint density at radius 2 is 1.92 bits per heavy atom. The first-order valence-corrected chi connectivity index (χ1v) is 8.79. The van der Waals surface area contributed by atoms with Gasteiger partial charge in [-0.2, -0.15) is 0 Å². The number of rotatable bonds is 5. The molecule has 0 unspecified atom stereocenters. The van der Waals surface area contributed by atoms with Crippen molar-refractivity contribution < 1.29 is 14.6 Å². The second-order valence-electron chi connectivity index (χ2n) is 6.67. The zero-order chi connectivity index (χ0) is 17.8. The molecular formula is C21H27NO3. The normalized spacial score (nSPS) is 21.3. The van der Waals surface area contributed by atoms with E-state index in [4.69, 9.17) is 9.47 Å². The summed E-state index contributed by atoms with van der Waals surface area (Å²) in [4.78, 5) is 2.41. The van der Waals surface area contributed by atoms with E-state index in [9.17, 15) is 5.11 Å². The number of aliphatic hydroxyl groups excluding tert-OH is 1. The van der Waals surface area contributed by atoms with Gasteiger partial charge in [-0.15, -0.1) is 0 Å². The third kappa shape index (κ3) is 3.87. The number of benzene rings is 2. The lowest BCUT2D eigenvalue weighted by Crippen LogP contribution is -2.46. The number of methoxy groups -OCH3 is 1. The smallest absolute Gasteiger partial charge is 0.122 e. The predicted molar refractivity (Wildman–Crippen MR) is 98.9 cm³/mol. The number of nitrogens with zero attached hydrogens (tertiary/aromatic N) is 1. The average Bonchev–Trinajstić information content (AvgIpc) is 2.64. The molecule has 1 saturated heterocycles. The molecule has 1 aliphatic rings. The molecule has 0 radical (unpaired) electrons. The minimum atomic E-state index is -0.198. The number of aliphatic hydroxyl groups is 1. The Morgan fingerprint density at radius 1 is 1.16 bits per heavy atom. The summed E-state index contributed by atoms with van der Waals surface area (Å²) in [6, 6.07) is 14.7. The fourth-order valence-electron chi connectivity index (χ4n) is 3.65. The van der Waals surface area contributed by atoms with Gasteiger partial charge in [-0.05, 0) is 42.2 Å². The maximum atomic E-state index is 9.81. The summed E-state index contributed by atoms with van der Waals surface area (Å²) in [5, 5.41) is 9.81. The monoisotopic (exact) mass is 341 g/mol. The van der Waals surface area contributed by atoms with Crippen LogP contribution in [0.25, 0.3) is 0 Å². The summed E-state index contributed by atoms with van der Waals surface area (Å²) in [7, 11) is 1.71. The van der Waals surface area contributed by atoms with E-state index in [0.717, 1.165) is 24.4 Å². The minimum Gasteiger partial charge on any atom is -0.496 e. The van der Waals surface area contributed by atoms with Crippen LogP contribution in [0.3, 0.4) is 0 Å². The number of morpholine rings is 1. The highest BCUT2D eigenvalue weighted by atomic mass is 16.5. The molecule has 25 heavy (non-hydrogen) atoms. The van der Waals surface area contributed by atoms with Crippen LogP contribution >= 0.6 is 0 Å². The van der Waals surface area contributed by atoms with Gasteiger partial charge in [0.2, 0.25) is 0 Å². The molecule has 4 heteroatoms. The molecule has 3 rings (SSSR count). The summed E-state index contributed by atoms with van der Waals surface area (Å²) >= 11 is 0. The van der Waals surface area contributed by atoms with Gasteiger partial charge in [0, 0.05) is 13.1 Å². The van der Waals surface area contributed by atoms with Crippen LogP contribution in [-0.4, -0.2) is 43.0 Å². The second kappa shape index (κ2) is 8.00. The van der Waals surface area contributed by atoms with Gasteiger partial charge in [-0.3, -0.25) is 4.90 Å². The van der Waals surface area contributed by atoms with Crippen LogP contribution in [0.2, 0.25) is 0 Å². The largest absolute Gasteiger partial charge is 0.496 e. The van der Waals surface area contributed by atoms with Crippen molar-refractivity contribution in [3.05, 3.63) is 64.7 Å². The van der Waals surface area contributed by atoms with Crippen molar-refractivity contribution in [2.24, 2.45) is 0 Å². The van der Waals surface area contributed by atoms with E-state index in [0.29, 0.717) is 6.61 Å². The fourth-order valence-corrected chi connectivity index (χ4v) is 3.65. The Kier molecular flexibility index (Phi) is 5.74. The molecule has 1 aliphatic heterocycles. The highest BCUT2D eigenvalue weighted by Gasteiger charge is 2.33. The Labute approximate surface area is 150 Å². The van der Waals surface area contributed by atoms with Gasteiger partial charge in [0.1, 0.15) is 11.9 Å². The summed E-state index contributed by atoms with van der Waals surface area (Å²) in [6.45, 7) is 6.54. The van der Waals surface area contributed by atoms with E-state index in [1.165, 1.54) is 16.7 Å². The van der Waals surface area contributed by atoms with E-state index in [-0.39, 0.29) is 18.8 Å². The third-order valence-electron chi connectivity index (χ3n) is 5.00. The zero-order valence-electron chi connectivity index (χ0n) is 15.2. The SMILES string of the molecule is COc1cc(C)c(CN2CCO[C@H](CO)[C@H]2c2ccccc2)cc1C. The van der Waals surface area contributed by atoms with Gasteiger partial charge in [0.15, 0.2) is 0 Å². The molecule has 0 aliphatic carbocycles. The van der Waals surface area contributed by atoms with Crippen LogP contribution in [0.15, 0.2) is 42.5 Å². The van der Waals surface area contributed by atoms with Crippen molar-refractivity contribution in [2.45, 2.75) is 32.5 Å². The summed E-state index contributed by atoms with van der Waals surface area (Å²) in [5.41, 5.74) is 4.84. The second-order valence-corrected chi connectivity index (χ2v) is 6.67. The van der Waals surface area contributed by atoms with E-state index < -0.39 is 0 Å². The van der Waals surface area contributed by atoms with Crippen LogP contribution < -0.4 is 4.74 Å². The van der Waals surface area contributed by atoms with Crippen LogP contribution in [0.1, 0.15) is 28.3 Å². The van der Waals surface area contributed by atoms with Crippen molar-refractivity contribution in [1.29, 1.82) is 0 Å². The van der Waals surface area contributed by atoms with Gasteiger partial charge in [0.25, 0.3) is 0 Å². The molecule has 134 valence electrons. The fraction of sp³-hybridized carbons (Fsp3) is 0.429. The molecule has 2 aromatic rings. The number of hydrogen-bond acceptors (Lipinski definition) is 4. The molecule has 2 atom stereocenters. The summed E-state index contributed by atoms with van der Waals surface area (Å²) in [6.07, 6.45) is -0.198. The molecule has 0 saturated carbocycles. The quantitative estimate of drug-likeness (QED) is 0.906. The zero-order valence-corrected chi connectivity index (χ0v) is 15.2. The Morgan fingerprint density at radius 3 is 2.60 bits per heavy atom. The maximum absolute atomic E-state index is 9.81. The van der Waals surface area contributed by atoms with Crippen molar-refractivity contribution in [3.8, 4) is 5.75 Å². The predicted octanol–water partition coefficient (Wildman–Crippen LogP) is 3.25.